The number of carbonyl (C=O) groups is 1. The molecule has 76 valence electrons. The fraction of sp³-hybridized carbons (Fsp3) is 0.900. The molecule has 0 N–H and O–H groups in total. The zero-order chi connectivity index (χ0) is 9.84. The van der Waals surface area contributed by atoms with Crippen LogP contribution in [0.25, 0.3) is 0 Å². The summed E-state index contributed by atoms with van der Waals surface area (Å²) in [6.07, 6.45) is 4.58. The lowest BCUT2D eigenvalue weighted by molar-refractivity contribution is -0.131. The van der Waals surface area contributed by atoms with Gasteiger partial charge in [0.05, 0.1) is 0 Å². The molecule has 0 bridgehead atoms. The molecule has 0 aliphatic heterocycles. The van der Waals surface area contributed by atoms with E-state index in [-0.39, 0.29) is 0 Å². The summed E-state index contributed by atoms with van der Waals surface area (Å²) in [4.78, 5) is 13.8. The molecule has 1 rings (SSSR count). The molecule has 0 aromatic carbocycles. The Morgan fingerprint density at radius 3 is 2.62 bits per heavy atom. The predicted molar refractivity (Wildman–Crippen MR) is 58.0 cm³/mol. The number of halogens is 1. The SMILES string of the molecule is CC(Br)CN(C)C(=O)CC1CCC1. The number of hydrogen-bond donors (Lipinski definition) is 0. The Morgan fingerprint density at radius 2 is 2.23 bits per heavy atom. The lowest BCUT2D eigenvalue weighted by Crippen LogP contribution is -2.33. The van der Waals surface area contributed by atoms with Gasteiger partial charge in [-0.1, -0.05) is 29.3 Å². The van der Waals surface area contributed by atoms with E-state index in [9.17, 15) is 4.79 Å². The average Bonchev–Trinajstić information content (AvgIpc) is 1.94. The first-order chi connectivity index (χ1) is 6.09. The third-order valence-corrected chi connectivity index (χ3v) is 2.93. The molecule has 0 heterocycles. The van der Waals surface area contributed by atoms with Crippen LogP contribution in [0.1, 0.15) is 32.6 Å². The van der Waals surface area contributed by atoms with Crippen LogP contribution in [0.15, 0.2) is 0 Å². The summed E-state index contributed by atoms with van der Waals surface area (Å²) in [5.74, 6) is 0.983. The van der Waals surface area contributed by atoms with Gasteiger partial charge in [-0.15, -0.1) is 0 Å². The van der Waals surface area contributed by atoms with Gasteiger partial charge in [0.1, 0.15) is 0 Å². The van der Waals surface area contributed by atoms with Crippen LogP contribution < -0.4 is 0 Å². The molecule has 3 heteroatoms. The quantitative estimate of drug-likeness (QED) is 0.699. The Kier molecular flexibility index (Phi) is 4.23. The van der Waals surface area contributed by atoms with E-state index < -0.39 is 0 Å². The molecule has 1 atom stereocenters. The average molecular weight is 248 g/mol. The first-order valence-electron chi connectivity index (χ1n) is 4.97. The normalized spacial score (nSPS) is 19.3. The van der Waals surface area contributed by atoms with Crippen LogP contribution in [-0.2, 0) is 4.79 Å². The lowest BCUT2D eigenvalue weighted by atomic mass is 9.83. The van der Waals surface area contributed by atoms with Gasteiger partial charge in [0.15, 0.2) is 0 Å². The molecule has 0 saturated heterocycles. The summed E-state index contributed by atoms with van der Waals surface area (Å²) in [6.45, 7) is 2.87. The van der Waals surface area contributed by atoms with Crippen LogP contribution in [0.4, 0.5) is 0 Å². The molecule has 1 aliphatic rings. The zero-order valence-electron chi connectivity index (χ0n) is 8.42. The highest BCUT2D eigenvalue weighted by Gasteiger charge is 2.22. The van der Waals surface area contributed by atoms with Gasteiger partial charge in [0.25, 0.3) is 0 Å². The molecular weight excluding hydrogens is 230 g/mol. The van der Waals surface area contributed by atoms with E-state index in [1.54, 1.807) is 0 Å². The molecule has 1 aliphatic carbocycles. The second-order valence-electron chi connectivity index (χ2n) is 4.06. The second-order valence-corrected chi connectivity index (χ2v) is 5.62. The van der Waals surface area contributed by atoms with E-state index in [1.165, 1.54) is 19.3 Å². The zero-order valence-corrected chi connectivity index (χ0v) is 10.0. The molecule has 1 saturated carbocycles. The number of nitrogens with zero attached hydrogens (tertiary/aromatic N) is 1. The van der Waals surface area contributed by atoms with Gasteiger partial charge in [-0.2, -0.15) is 0 Å². The van der Waals surface area contributed by atoms with Crippen molar-refractivity contribution in [2.45, 2.75) is 37.4 Å². The minimum absolute atomic E-state index is 0.302. The van der Waals surface area contributed by atoms with Crippen molar-refractivity contribution in [2.75, 3.05) is 13.6 Å². The lowest BCUT2D eigenvalue weighted by Gasteiger charge is -2.27. The number of carbonyl (C=O) groups excluding carboxylic acids is 1. The minimum Gasteiger partial charge on any atom is -0.345 e. The summed E-state index contributed by atoms with van der Waals surface area (Å²) in [5, 5.41) is 0. The van der Waals surface area contributed by atoms with Gasteiger partial charge in [0, 0.05) is 24.8 Å². The molecule has 2 nitrogen and oxygen atoms in total. The highest BCUT2D eigenvalue weighted by Crippen LogP contribution is 2.29. The maximum Gasteiger partial charge on any atom is 0.222 e. The van der Waals surface area contributed by atoms with Crippen LogP contribution in [-0.4, -0.2) is 29.2 Å². The number of amides is 1. The van der Waals surface area contributed by atoms with E-state index in [2.05, 4.69) is 22.9 Å². The smallest absolute Gasteiger partial charge is 0.222 e. The Balaban J connectivity index is 2.20. The van der Waals surface area contributed by atoms with Gasteiger partial charge in [-0.3, -0.25) is 4.79 Å². The monoisotopic (exact) mass is 247 g/mol. The Bertz CT molecular complexity index is 178. The summed E-state index contributed by atoms with van der Waals surface area (Å²) in [6, 6.07) is 0. The summed E-state index contributed by atoms with van der Waals surface area (Å²) < 4.78 is 0. The number of alkyl halides is 1. The van der Waals surface area contributed by atoms with Crippen LogP contribution in [0.5, 0.6) is 0 Å². The standard InChI is InChI=1S/C10H18BrNO/c1-8(11)7-12(2)10(13)6-9-4-3-5-9/h8-9H,3-7H2,1-2H3. The molecule has 13 heavy (non-hydrogen) atoms. The van der Waals surface area contributed by atoms with E-state index in [1.807, 2.05) is 11.9 Å². The van der Waals surface area contributed by atoms with Crippen LogP contribution in [0.2, 0.25) is 0 Å². The van der Waals surface area contributed by atoms with E-state index in [0.29, 0.717) is 16.7 Å². The molecular formula is C10H18BrNO. The van der Waals surface area contributed by atoms with Crippen LogP contribution in [0.3, 0.4) is 0 Å². The molecule has 1 unspecified atom stereocenters. The predicted octanol–water partition coefficient (Wildman–Crippen LogP) is 2.42. The summed E-state index contributed by atoms with van der Waals surface area (Å²) in [5.41, 5.74) is 0. The van der Waals surface area contributed by atoms with Crippen molar-refractivity contribution in [3.05, 3.63) is 0 Å². The van der Waals surface area contributed by atoms with E-state index in [0.717, 1.165) is 13.0 Å². The maximum absolute atomic E-state index is 11.6. The van der Waals surface area contributed by atoms with E-state index in [4.69, 9.17) is 0 Å². The van der Waals surface area contributed by atoms with Gasteiger partial charge < -0.3 is 4.90 Å². The first-order valence-corrected chi connectivity index (χ1v) is 5.89. The van der Waals surface area contributed by atoms with Crippen molar-refractivity contribution in [3.63, 3.8) is 0 Å². The summed E-state index contributed by atoms with van der Waals surface area (Å²) in [7, 11) is 1.89. The molecule has 0 radical (unpaired) electrons. The second kappa shape index (κ2) is 4.99. The van der Waals surface area contributed by atoms with Gasteiger partial charge in [0.2, 0.25) is 5.91 Å². The van der Waals surface area contributed by atoms with Crippen molar-refractivity contribution < 1.29 is 4.79 Å². The Labute approximate surface area is 88.8 Å². The fourth-order valence-electron chi connectivity index (χ4n) is 1.58. The number of hydrogen-bond acceptors (Lipinski definition) is 1. The highest BCUT2D eigenvalue weighted by atomic mass is 79.9. The van der Waals surface area contributed by atoms with Gasteiger partial charge >= 0.3 is 0 Å². The number of rotatable bonds is 4. The van der Waals surface area contributed by atoms with Gasteiger partial charge in [-0.05, 0) is 18.8 Å². The van der Waals surface area contributed by atoms with Crippen LogP contribution >= 0.6 is 15.9 Å². The van der Waals surface area contributed by atoms with Crippen molar-refractivity contribution in [3.8, 4) is 0 Å². The highest BCUT2D eigenvalue weighted by molar-refractivity contribution is 9.09. The van der Waals surface area contributed by atoms with Crippen molar-refractivity contribution in [1.29, 1.82) is 0 Å². The minimum atomic E-state index is 0.302. The van der Waals surface area contributed by atoms with Crippen molar-refractivity contribution >= 4 is 21.8 Å². The van der Waals surface area contributed by atoms with Crippen molar-refractivity contribution in [2.24, 2.45) is 5.92 Å². The third kappa shape index (κ3) is 3.67. The molecule has 1 fully saturated rings. The molecule has 1 amide bonds. The Hall–Kier alpha value is -0.0500. The topological polar surface area (TPSA) is 20.3 Å². The van der Waals surface area contributed by atoms with E-state index >= 15 is 0 Å². The molecule has 0 aromatic rings. The molecule has 0 aromatic heterocycles. The summed E-state index contributed by atoms with van der Waals surface area (Å²) >= 11 is 3.45. The Morgan fingerprint density at radius 1 is 1.62 bits per heavy atom. The van der Waals surface area contributed by atoms with Crippen LogP contribution in [0, 0.1) is 5.92 Å². The largest absolute Gasteiger partial charge is 0.345 e. The third-order valence-electron chi connectivity index (χ3n) is 2.64. The molecule has 0 spiro atoms. The van der Waals surface area contributed by atoms with Gasteiger partial charge in [-0.25, -0.2) is 0 Å². The first kappa shape index (κ1) is 11.0. The fourth-order valence-corrected chi connectivity index (χ4v) is 2.01. The van der Waals surface area contributed by atoms with Crippen molar-refractivity contribution in [1.82, 2.24) is 4.90 Å². The maximum atomic E-state index is 11.6.